The van der Waals surface area contributed by atoms with Gasteiger partial charge < -0.3 is 0 Å². The lowest BCUT2D eigenvalue weighted by molar-refractivity contribution is 0.400. The molecule has 0 amide bonds. The smallest absolute Gasteiger partial charge is 0.0656 e. The van der Waals surface area contributed by atoms with E-state index in [0.29, 0.717) is 0 Å². The molecular weight excluding hydrogens is 368 g/mol. The lowest BCUT2D eigenvalue weighted by atomic mass is 9.83. The van der Waals surface area contributed by atoms with E-state index in [1.807, 2.05) is 10.8 Å². The second-order valence-corrected chi connectivity index (χ2v) is 20.3. The van der Waals surface area contributed by atoms with Gasteiger partial charge >= 0.3 is 0 Å². The van der Waals surface area contributed by atoms with E-state index in [0.717, 1.165) is 5.92 Å². The number of allylic oxidation sites excluding steroid dienone is 1. The van der Waals surface area contributed by atoms with E-state index in [1.165, 1.54) is 44.1 Å². The zero-order chi connectivity index (χ0) is 19.7. The minimum absolute atomic E-state index is 0.865. The molecule has 3 aliphatic rings. The van der Waals surface area contributed by atoms with Crippen molar-refractivity contribution in [1.29, 1.82) is 0 Å². The van der Waals surface area contributed by atoms with Crippen LogP contribution in [0.1, 0.15) is 43.2 Å². The molecule has 28 heavy (non-hydrogen) atoms. The van der Waals surface area contributed by atoms with Crippen LogP contribution in [0.3, 0.4) is 0 Å². The van der Waals surface area contributed by atoms with Gasteiger partial charge in [-0.15, -0.1) is 0 Å². The van der Waals surface area contributed by atoms with Gasteiger partial charge in [0.05, 0.1) is 8.07 Å². The van der Waals surface area contributed by atoms with Gasteiger partial charge in [-0.05, 0) is 57.8 Å². The van der Waals surface area contributed by atoms with Crippen LogP contribution in [0.15, 0.2) is 42.0 Å². The van der Waals surface area contributed by atoms with Crippen LogP contribution >= 0.6 is 0 Å². The molecule has 1 heterocycles. The molecule has 2 heteroatoms. The van der Waals surface area contributed by atoms with Crippen LogP contribution < -0.4 is 10.4 Å². The van der Waals surface area contributed by atoms with Crippen molar-refractivity contribution in [2.24, 2.45) is 5.92 Å². The molecule has 0 spiro atoms. The number of rotatable bonds is 3. The van der Waals surface area contributed by atoms with Crippen LogP contribution in [-0.4, -0.2) is 16.1 Å². The summed E-state index contributed by atoms with van der Waals surface area (Å²) in [5, 5.41) is 5.11. The van der Waals surface area contributed by atoms with Gasteiger partial charge in [0, 0.05) is 0 Å². The van der Waals surface area contributed by atoms with Crippen molar-refractivity contribution in [2.45, 2.75) is 71.3 Å². The normalized spacial score (nSPS) is 20.9. The minimum atomic E-state index is -1.58. The fraction of sp³-hybridized carbons (Fsp3) is 0.462. The minimum Gasteiger partial charge on any atom is -0.0656 e. The third-order valence-corrected chi connectivity index (χ3v) is 13.3. The molecule has 0 atom stereocenters. The van der Waals surface area contributed by atoms with Crippen molar-refractivity contribution in [1.82, 2.24) is 0 Å². The van der Waals surface area contributed by atoms with Crippen LogP contribution in [0.25, 0.3) is 16.3 Å². The van der Waals surface area contributed by atoms with Crippen molar-refractivity contribution in [3.8, 4) is 11.1 Å². The third-order valence-electron chi connectivity index (χ3n) is 7.68. The summed E-state index contributed by atoms with van der Waals surface area (Å²) in [6.45, 7) is 12.6. The predicted octanol–water partition coefficient (Wildman–Crippen LogP) is 6.26. The predicted molar refractivity (Wildman–Crippen MR) is 129 cm³/mol. The molecule has 0 aromatic heterocycles. The first-order valence-electron chi connectivity index (χ1n) is 11.3. The second kappa shape index (κ2) is 6.30. The Morgan fingerprint density at radius 3 is 2.14 bits per heavy atom. The van der Waals surface area contributed by atoms with Crippen molar-refractivity contribution < 1.29 is 0 Å². The largest absolute Gasteiger partial charge is 0.113 e. The Kier molecular flexibility index (Phi) is 4.19. The van der Waals surface area contributed by atoms with Crippen molar-refractivity contribution in [3.05, 3.63) is 53.1 Å². The summed E-state index contributed by atoms with van der Waals surface area (Å²) >= 11 is 0. The van der Waals surface area contributed by atoms with Gasteiger partial charge in [0.25, 0.3) is 0 Å². The summed E-state index contributed by atoms with van der Waals surface area (Å²) in [5.74, 6) is 0.865. The van der Waals surface area contributed by atoms with Gasteiger partial charge in [-0.2, -0.15) is 0 Å². The first kappa shape index (κ1) is 18.6. The van der Waals surface area contributed by atoms with Crippen molar-refractivity contribution in [2.75, 3.05) is 0 Å². The van der Waals surface area contributed by atoms with E-state index >= 15 is 0 Å². The molecule has 0 nitrogen and oxygen atoms in total. The molecule has 1 fully saturated rings. The van der Waals surface area contributed by atoms with Crippen LogP contribution in [-0.2, 0) is 6.42 Å². The highest BCUT2D eigenvalue weighted by molar-refractivity contribution is 7.07. The summed E-state index contributed by atoms with van der Waals surface area (Å²) in [6.07, 6.45) is 8.44. The van der Waals surface area contributed by atoms with Gasteiger partial charge in [-0.1, -0.05) is 99.2 Å². The standard InChI is InChI=1S/C26H34Si2/c1-27(2,3)21-14-11-19(12-15-21)24-23-16-13-20-17-22(18-9-7-6-8-10-18)26(25(20)24)28(23,4)5/h11-16,18H,6-10,17H2,1-5H3. The van der Waals surface area contributed by atoms with E-state index < -0.39 is 16.1 Å². The Balaban J connectivity index is 1.65. The molecular formula is C26H34Si2. The fourth-order valence-corrected chi connectivity index (χ4v) is 11.0. The van der Waals surface area contributed by atoms with Crippen LogP contribution in [0.4, 0.5) is 0 Å². The van der Waals surface area contributed by atoms with Gasteiger partial charge in [-0.25, -0.2) is 0 Å². The number of hydrogen-bond acceptors (Lipinski definition) is 0. The first-order valence-corrected chi connectivity index (χ1v) is 17.8. The Bertz CT molecular complexity index is 965. The van der Waals surface area contributed by atoms with Gasteiger partial charge in [0.1, 0.15) is 8.07 Å². The highest BCUT2D eigenvalue weighted by Crippen LogP contribution is 2.52. The van der Waals surface area contributed by atoms with Gasteiger partial charge in [-0.3, -0.25) is 0 Å². The molecule has 2 aliphatic carbocycles. The van der Waals surface area contributed by atoms with E-state index in [1.54, 1.807) is 27.1 Å². The summed E-state index contributed by atoms with van der Waals surface area (Å²) in [5.41, 5.74) is 8.24. The SMILES string of the molecule is C[Si](C)(C)c1ccc(-c2c3ccc4c2C(=C(C2CCCCC2)C4)[Si]3(C)C)cc1. The Labute approximate surface area is 173 Å². The van der Waals surface area contributed by atoms with E-state index in [2.05, 4.69) is 69.1 Å². The topological polar surface area (TPSA) is 0 Å². The Morgan fingerprint density at radius 1 is 0.821 bits per heavy atom. The molecule has 0 radical (unpaired) electrons. The molecule has 0 N–H and O–H groups in total. The van der Waals surface area contributed by atoms with Crippen molar-refractivity contribution >= 4 is 31.7 Å². The summed E-state index contributed by atoms with van der Waals surface area (Å²) in [7, 11) is -2.82. The summed E-state index contributed by atoms with van der Waals surface area (Å²) < 4.78 is 0. The molecule has 5 rings (SSSR count). The maximum Gasteiger partial charge on any atom is 0.113 e. The Hall–Kier alpha value is -1.39. The zero-order valence-corrected chi connectivity index (χ0v) is 20.3. The second-order valence-electron chi connectivity index (χ2n) is 10.9. The molecule has 0 unspecified atom stereocenters. The lowest BCUT2D eigenvalue weighted by Crippen LogP contribution is -2.40. The molecule has 2 aromatic rings. The van der Waals surface area contributed by atoms with E-state index in [9.17, 15) is 0 Å². The average Bonchev–Trinajstić information content (AvgIpc) is 3.14. The highest BCUT2D eigenvalue weighted by atomic mass is 28.3. The number of hydrogen-bond donors (Lipinski definition) is 0. The quantitative estimate of drug-likeness (QED) is 0.532. The summed E-state index contributed by atoms with van der Waals surface area (Å²) in [6, 6.07) is 14.7. The lowest BCUT2D eigenvalue weighted by Gasteiger charge is -2.28. The highest BCUT2D eigenvalue weighted by Gasteiger charge is 2.46. The Morgan fingerprint density at radius 2 is 1.50 bits per heavy atom. The fourth-order valence-electron chi connectivity index (χ4n) is 6.14. The molecule has 2 aromatic carbocycles. The van der Waals surface area contributed by atoms with Gasteiger partial charge in [0.15, 0.2) is 0 Å². The molecule has 2 bridgehead atoms. The molecule has 1 aliphatic heterocycles. The maximum atomic E-state index is 2.61. The maximum absolute atomic E-state index is 2.61. The first-order chi connectivity index (χ1) is 13.3. The van der Waals surface area contributed by atoms with Crippen LogP contribution in [0.2, 0.25) is 32.7 Å². The van der Waals surface area contributed by atoms with Crippen LogP contribution in [0, 0.1) is 5.92 Å². The van der Waals surface area contributed by atoms with Gasteiger partial charge in [0.2, 0.25) is 0 Å². The molecule has 0 saturated heterocycles. The van der Waals surface area contributed by atoms with Crippen molar-refractivity contribution in [3.63, 3.8) is 0 Å². The zero-order valence-electron chi connectivity index (χ0n) is 18.3. The van der Waals surface area contributed by atoms with E-state index in [-0.39, 0.29) is 0 Å². The van der Waals surface area contributed by atoms with Crippen LogP contribution in [0.5, 0.6) is 0 Å². The summed E-state index contributed by atoms with van der Waals surface area (Å²) in [4.78, 5) is 0. The monoisotopic (exact) mass is 402 g/mol. The number of benzene rings is 2. The average molecular weight is 403 g/mol. The number of fused-ring (bicyclic) bond motifs is 1. The molecule has 146 valence electrons. The van der Waals surface area contributed by atoms with E-state index in [4.69, 9.17) is 0 Å². The third kappa shape index (κ3) is 2.68. The molecule has 1 saturated carbocycles.